The number of aliphatic hydroxyl groups is 1. The monoisotopic (exact) mass is 247 g/mol. The first-order valence-electron chi connectivity index (χ1n) is 4.95. The molecule has 3 N–H and O–H groups in total. The zero-order valence-electron chi connectivity index (χ0n) is 8.85. The van der Waals surface area contributed by atoms with Crippen LogP contribution in [0, 0.1) is 0 Å². The van der Waals surface area contributed by atoms with Crippen molar-refractivity contribution >= 4 is 23.1 Å². The lowest BCUT2D eigenvalue weighted by Gasteiger charge is -2.20. The molecule has 0 aliphatic heterocycles. The zero-order valence-corrected chi connectivity index (χ0v) is 10.5. The van der Waals surface area contributed by atoms with E-state index >= 15 is 0 Å². The van der Waals surface area contributed by atoms with Gasteiger partial charge >= 0.3 is 0 Å². The molecule has 0 saturated carbocycles. The lowest BCUT2D eigenvalue weighted by Crippen LogP contribution is -2.33. The summed E-state index contributed by atoms with van der Waals surface area (Å²) in [5, 5.41) is 17.4. The molecule has 1 atom stereocenters. The fourth-order valence-corrected chi connectivity index (χ4v) is 2.65. The second-order valence-corrected chi connectivity index (χ2v) is 5.89. The standard InChI is InChI=1S/C9H17N3OS2/c1-9(13,6-10)4-2-3-5-14-8-12-11-7-15-8/h7,13H,2-6,10H2,1H3. The Morgan fingerprint density at radius 3 is 3.00 bits per heavy atom. The number of nitrogens with zero attached hydrogens (tertiary/aromatic N) is 2. The molecule has 0 aromatic carbocycles. The van der Waals surface area contributed by atoms with E-state index in [2.05, 4.69) is 10.2 Å². The van der Waals surface area contributed by atoms with Gasteiger partial charge in [-0.1, -0.05) is 23.1 Å². The normalized spacial score (nSPS) is 15.1. The highest BCUT2D eigenvalue weighted by Crippen LogP contribution is 2.21. The molecule has 4 nitrogen and oxygen atoms in total. The third kappa shape index (κ3) is 5.46. The van der Waals surface area contributed by atoms with Crippen LogP contribution in [0.2, 0.25) is 0 Å². The predicted molar refractivity (Wildman–Crippen MR) is 64.2 cm³/mol. The van der Waals surface area contributed by atoms with Crippen LogP contribution in [0.1, 0.15) is 26.2 Å². The number of hydrogen-bond acceptors (Lipinski definition) is 6. The van der Waals surface area contributed by atoms with Gasteiger partial charge < -0.3 is 10.8 Å². The summed E-state index contributed by atoms with van der Waals surface area (Å²) in [7, 11) is 0. The molecule has 6 heteroatoms. The fraction of sp³-hybridized carbons (Fsp3) is 0.778. The highest BCUT2D eigenvalue weighted by atomic mass is 32.2. The summed E-state index contributed by atoms with van der Waals surface area (Å²) >= 11 is 3.28. The summed E-state index contributed by atoms with van der Waals surface area (Å²) in [5.41, 5.74) is 6.46. The van der Waals surface area contributed by atoms with Crippen molar-refractivity contribution in [2.75, 3.05) is 12.3 Å². The van der Waals surface area contributed by atoms with Crippen molar-refractivity contribution in [2.24, 2.45) is 5.73 Å². The molecule has 0 saturated heterocycles. The number of unbranched alkanes of at least 4 members (excludes halogenated alkanes) is 1. The van der Waals surface area contributed by atoms with Gasteiger partial charge in [0.15, 0.2) is 4.34 Å². The van der Waals surface area contributed by atoms with Crippen LogP contribution in [0.3, 0.4) is 0 Å². The van der Waals surface area contributed by atoms with E-state index in [-0.39, 0.29) is 0 Å². The van der Waals surface area contributed by atoms with E-state index in [1.807, 2.05) is 0 Å². The molecule has 1 rings (SSSR count). The van der Waals surface area contributed by atoms with Gasteiger partial charge in [0.1, 0.15) is 5.51 Å². The summed E-state index contributed by atoms with van der Waals surface area (Å²) in [5.74, 6) is 1.02. The number of aromatic nitrogens is 2. The van der Waals surface area contributed by atoms with Gasteiger partial charge in [0.05, 0.1) is 5.60 Å². The Balaban J connectivity index is 2.03. The van der Waals surface area contributed by atoms with E-state index in [1.165, 1.54) is 0 Å². The molecule has 86 valence electrons. The first-order valence-corrected chi connectivity index (χ1v) is 6.82. The van der Waals surface area contributed by atoms with Gasteiger partial charge in [0.2, 0.25) is 0 Å². The van der Waals surface area contributed by atoms with E-state index < -0.39 is 5.60 Å². The smallest absolute Gasteiger partial charge is 0.174 e. The van der Waals surface area contributed by atoms with Crippen LogP contribution in [-0.4, -0.2) is 33.2 Å². The van der Waals surface area contributed by atoms with E-state index in [0.29, 0.717) is 6.54 Å². The SMILES string of the molecule is CC(O)(CN)CCCCSc1nncs1. The Morgan fingerprint density at radius 2 is 2.40 bits per heavy atom. The molecule has 0 fully saturated rings. The maximum atomic E-state index is 9.65. The Kier molecular flexibility index (Phi) is 5.52. The molecule has 1 aromatic rings. The van der Waals surface area contributed by atoms with Gasteiger partial charge in [-0.05, 0) is 26.2 Å². The van der Waals surface area contributed by atoms with Crippen molar-refractivity contribution < 1.29 is 5.11 Å². The van der Waals surface area contributed by atoms with Crippen LogP contribution in [0.4, 0.5) is 0 Å². The maximum Gasteiger partial charge on any atom is 0.174 e. The van der Waals surface area contributed by atoms with Crippen molar-refractivity contribution in [2.45, 2.75) is 36.1 Å². The predicted octanol–water partition coefficient (Wildman–Crippen LogP) is 1.51. The minimum absolute atomic E-state index is 0.330. The molecule has 1 unspecified atom stereocenters. The van der Waals surface area contributed by atoms with Gasteiger partial charge in [-0.3, -0.25) is 0 Å². The first-order chi connectivity index (χ1) is 7.14. The quantitative estimate of drug-likeness (QED) is 0.564. The third-order valence-electron chi connectivity index (χ3n) is 2.12. The highest BCUT2D eigenvalue weighted by molar-refractivity contribution is 8.00. The van der Waals surface area contributed by atoms with Crippen molar-refractivity contribution in [3.8, 4) is 0 Å². The van der Waals surface area contributed by atoms with Crippen molar-refractivity contribution in [1.29, 1.82) is 0 Å². The lowest BCUT2D eigenvalue weighted by molar-refractivity contribution is 0.0577. The Hall–Kier alpha value is -0.170. The van der Waals surface area contributed by atoms with Crippen LogP contribution in [0.5, 0.6) is 0 Å². The fourth-order valence-electron chi connectivity index (χ4n) is 1.10. The number of hydrogen-bond donors (Lipinski definition) is 2. The van der Waals surface area contributed by atoms with Crippen LogP contribution in [-0.2, 0) is 0 Å². The lowest BCUT2D eigenvalue weighted by atomic mass is 10.00. The van der Waals surface area contributed by atoms with Crippen LogP contribution in [0.15, 0.2) is 9.85 Å². The molecule has 0 aliphatic carbocycles. The van der Waals surface area contributed by atoms with E-state index in [9.17, 15) is 5.11 Å². The van der Waals surface area contributed by atoms with Gasteiger partial charge in [0, 0.05) is 12.3 Å². The van der Waals surface area contributed by atoms with E-state index in [1.54, 1.807) is 35.5 Å². The third-order valence-corrected chi connectivity index (χ3v) is 4.06. The Morgan fingerprint density at radius 1 is 1.60 bits per heavy atom. The number of thioether (sulfide) groups is 1. The summed E-state index contributed by atoms with van der Waals surface area (Å²) in [6.45, 7) is 2.11. The molecular formula is C9H17N3OS2. The Bertz CT molecular complexity index is 264. The molecule has 0 aliphatic rings. The zero-order chi connectivity index (χ0) is 11.1. The van der Waals surface area contributed by atoms with Gasteiger partial charge in [-0.2, -0.15) is 0 Å². The minimum Gasteiger partial charge on any atom is -0.389 e. The largest absolute Gasteiger partial charge is 0.389 e. The van der Waals surface area contributed by atoms with Crippen molar-refractivity contribution in [3.63, 3.8) is 0 Å². The van der Waals surface area contributed by atoms with E-state index in [4.69, 9.17) is 5.73 Å². The molecule has 0 bridgehead atoms. The molecular weight excluding hydrogens is 230 g/mol. The summed E-state index contributed by atoms with van der Waals surface area (Å²) in [6, 6.07) is 0. The van der Waals surface area contributed by atoms with Gasteiger partial charge in [0.25, 0.3) is 0 Å². The number of rotatable bonds is 7. The second-order valence-electron chi connectivity index (χ2n) is 3.71. The molecule has 15 heavy (non-hydrogen) atoms. The molecule has 0 amide bonds. The van der Waals surface area contributed by atoms with Crippen molar-refractivity contribution in [3.05, 3.63) is 5.51 Å². The first kappa shape index (κ1) is 12.9. The summed E-state index contributed by atoms with van der Waals surface area (Å²) in [6.07, 6.45) is 2.83. The molecule has 0 radical (unpaired) electrons. The topological polar surface area (TPSA) is 72.0 Å². The average Bonchev–Trinajstić information content (AvgIpc) is 2.70. The van der Waals surface area contributed by atoms with Gasteiger partial charge in [-0.15, -0.1) is 10.2 Å². The molecule has 1 heterocycles. The number of nitrogens with two attached hydrogens (primary N) is 1. The maximum absolute atomic E-state index is 9.65. The van der Waals surface area contributed by atoms with Gasteiger partial charge in [-0.25, -0.2) is 0 Å². The average molecular weight is 247 g/mol. The summed E-state index contributed by atoms with van der Waals surface area (Å²) in [4.78, 5) is 0. The van der Waals surface area contributed by atoms with E-state index in [0.717, 1.165) is 29.4 Å². The molecule has 0 spiro atoms. The van der Waals surface area contributed by atoms with Crippen molar-refractivity contribution in [1.82, 2.24) is 10.2 Å². The highest BCUT2D eigenvalue weighted by Gasteiger charge is 2.16. The Labute approximate surface area is 98.3 Å². The van der Waals surface area contributed by atoms with Crippen LogP contribution in [0.25, 0.3) is 0 Å². The van der Waals surface area contributed by atoms with Crippen LogP contribution < -0.4 is 5.73 Å². The second kappa shape index (κ2) is 6.42. The minimum atomic E-state index is -0.701. The molecule has 1 aromatic heterocycles. The summed E-state index contributed by atoms with van der Waals surface area (Å²) < 4.78 is 1.01. The van der Waals surface area contributed by atoms with Crippen LogP contribution >= 0.6 is 23.1 Å².